The van der Waals surface area contributed by atoms with Gasteiger partial charge in [0, 0.05) is 43.8 Å². The summed E-state index contributed by atoms with van der Waals surface area (Å²) in [6, 6.07) is 10.5. The van der Waals surface area contributed by atoms with Gasteiger partial charge < -0.3 is 132 Å². The van der Waals surface area contributed by atoms with E-state index in [1.807, 2.05) is 0 Å². The number of carbonyl (C=O) groups excluding carboxylic acids is 9. The topological polar surface area (TPSA) is 440 Å². The minimum atomic E-state index is -0.954. The van der Waals surface area contributed by atoms with E-state index in [1.165, 1.54) is 38.3 Å². The maximum absolute atomic E-state index is 13.3. The molecule has 0 bridgehead atoms. The Balaban J connectivity index is 0.794. The van der Waals surface area contributed by atoms with E-state index in [0.717, 1.165) is 0 Å². The summed E-state index contributed by atoms with van der Waals surface area (Å²) >= 11 is 0.436. The molecule has 2 aromatic carbocycles. The van der Waals surface area contributed by atoms with Gasteiger partial charge in [-0.15, -0.1) is 0 Å². The van der Waals surface area contributed by atoms with Crippen molar-refractivity contribution in [3.05, 3.63) is 59.8 Å². The van der Waals surface area contributed by atoms with Gasteiger partial charge in [-0.1, -0.05) is 6.07 Å². The maximum atomic E-state index is 13.3. The first kappa shape index (κ1) is 93.6. The second kappa shape index (κ2) is 62.0. The number of thiol groups is 1. The van der Waals surface area contributed by atoms with Crippen LogP contribution in [-0.4, -0.2) is 350 Å². The van der Waals surface area contributed by atoms with Gasteiger partial charge in [0.25, 0.3) is 17.7 Å². The van der Waals surface area contributed by atoms with Crippen molar-refractivity contribution >= 4 is 80.3 Å². The first-order valence-electron chi connectivity index (χ1n) is 36.0. The standard InChI is InChI=1S/C71H111N9O28S/c1-54(81)109-53-67(86)77-50-65(84)76-49-64(83)75-48-63(82)73-12-15-93-17-19-95-21-23-97-25-27-99-29-31-101-33-35-103-37-39-105-41-43-107-44-42-106-40-38-104-36-34-102-32-30-100-28-26-98-24-22-96-20-18-94-16-13-74-66(85)52-108-56-7-8-57-58(10-11-72-59(57)46-56)70(89)79-51-68(87)80-14-4-5-60(80)69(88)71(90)78-47-55-6-9-61(91-2)62(45-55)92-3/h6-11,45-46,60,81,109H,4-5,12-44,47-53H2,1-3H3,(H,73,82)(H,74,85)(H,75,83)(H,76,84)(H,77,86)(H,78,90)(H,79,89)/t60-/m0/s1. The van der Waals surface area contributed by atoms with E-state index in [0.29, 0.717) is 243 Å². The third-order valence-corrected chi connectivity index (χ3v) is 15.8. The van der Waals surface area contributed by atoms with Crippen molar-refractivity contribution in [2.75, 3.05) is 271 Å². The molecule has 1 saturated heterocycles. The van der Waals surface area contributed by atoms with E-state index in [1.54, 1.807) is 36.4 Å². The molecule has 1 atom stereocenters. The summed E-state index contributed by atoms with van der Waals surface area (Å²) in [4.78, 5) is 118. The van der Waals surface area contributed by atoms with Crippen LogP contribution in [0.5, 0.6) is 17.2 Å². The third kappa shape index (κ3) is 45.9. The lowest BCUT2D eigenvalue weighted by Gasteiger charge is -2.23. The van der Waals surface area contributed by atoms with Gasteiger partial charge in [0.1, 0.15) is 11.8 Å². The molecule has 1 aromatic heterocycles. The van der Waals surface area contributed by atoms with Crippen LogP contribution in [0, 0.1) is 0 Å². The van der Waals surface area contributed by atoms with E-state index in [9.17, 15) is 43.2 Å². The van der Waals surface area contributed by atoms with Crippen molar-refractivity contribution in [1.82, 2.24) is 47.1 Å². The summed E-state index contributed by atoms with van der Waals surface area (Å²) in [5.41, 5.74) is 1.36. The number of amides is 8. The lowest BCUT2D eigenvalue weighted by molar-refractivity contribution is -0.144. The Hall–Kier alpha value is -7.74. The molecule has 614 valence electrons. The van der Waals surface area contributed by atoms with Crippen LogP contribution in [0.25, 0.3) is 10.9 Å². The molecule has 1 aliphatic heterocycles. The highest BCUT2D eigenvalue weighted by Crippen LogP contribution is 2.28. The van der Waals surface area contributed by atoms with Crippen LogP contribution in [0.1, 0.15) is 35.7 Å². The molecule has 109 heavy (non-hydrogen) atoms. The Labute approximate surface area is 638 Å². The average molecular weight is 1570 g/mol. The molecule has 1 fully saturated rings. The fourth-order valence-corrected chi connectivity index (χ4v) is 9.87. The zero-order valence-electron chi connectivity index (χ0n) is 62.7. The molecule has 2 heterocycles. The molecule has 0 unspecified atom stereocenters. The summed E-state index contributed by atoms with van der Waals surface area (Å²) < 4.78 is 98.9. The highest BCUT2D eigenvalue weighted by molar-refractivity contribution is 7.99. The van der Waals surface area contributed by atoms with E-state index >= 15 is 0 Å². The van der Waals surface area contributed by atoms with Gasteiger partial charge in [0.15, 0.2) is 18.1 Å². The second-order valence-corrected chi connectivity index (χ2v) is 24.3. The van der Waals surface area contributed by atoms with Gasteiger partial charge in [0.2, 0.25) is 35.3 Å². The quantitative estimate of drug-likeness (QED) is 0.0131. The first-order valence-corrected chi connectivity index (χ1v) is 37.1. The van der Waals surface area contributed by atoms with Gasteiger partial charge in [-0.25, -0.2) is 0 Å². The predicted molar refractivity (Wildman–Crippen MR) is 395 cm³/mol. The largest absolute Gasteiger partial charge is 0.493 e. The molecule has 3 aromatic rings. The summed E-state index contributed by atoms with van der Waals surface area (Å²) in [5, 5.41) is 27.3. The van der Waals surface area contributed by atoms with Gasteiger partial charge in [-0.3, -0.25) is 48.1 Å². The first-order chi connectivity index (χ1) is 53.2. The normalized spacial score (nSPS) is 12.8. The molecule has 0 saturated carbocycles. The van der Waals surface area contributed by atoms with Crippen LogP contribution < -0.4 is 51.4 Å². The van der Waals surface area contributed by atoms with Gasteiger partial charge in [-0.2, -0.15) is 11.4 Å². The summed E-state index contributed by atoms with van der Waals surface area (Å²) in [6.07, 6.45) is 2.28. The molecule has 1 aliphatic rings. The van der Waals surface area contributed by atoms with Crippen LogP contribution in [0.4, 0.5) is 0 Å². The number of ketones is 1. The van der Waals surface area contributed by atoms with Crippen LogP contribution in [0.15, 0.2) is 48.7 Å². The molecule has 38 heteroatoms. The van der Waals surface area contributed by atoms with Crippen molar-refractivity contribution in [3.63, 3.8) is 0 Å². The van der Waals surface area contributed by atoms with Crippen LogP contribution in [-0.2, 0) is 116 Å². The lowest BCUT2D eigenvalue weighted by atomic mass is 10.1. The van der Waals surface area contributed by atoms with Gasteiger partial charge in [0.05, 0.1) is 260 Å². The number of aliphatic hydroxyl groups is 1. The predicted octanol–water partition coefficient (Wildman–Crippen LogP) is -1.76. The Bertz CT molecular complexity index is 3120. The Kier molecular flexibility index (Phi) is 53.2. The number of benzene rings is 2. The molecule has 0 aliphatic carbocycles. The number of rotatable bonds is 68. The number of nitrogens with zero attached hydrogens (tertiary/aromatic N) is 2. The van der Waals surface area contributed by atoms with Crippen LogP contribution >= 0.6 is 11.4 Å². The molecule has 0 spiro atoms. The minimum Gasteiger partial charge on any atom is -0.493 e. The molecule has 37 nitrogen and oxygen atoms in total. The number of methoxy groups -OCH3 is 2. The van der Waals surface area contributed by atoms with E-state index in [4.69, 9.17) is 90.4 Å². The SMILES string of the molecule is COc1ccc(CNC(=O)C(=O)[C@@H]2CCCN2C(=O)CNC(=O)c2ccnc3cc(OCC(=O)NCCOCCOCCOCCOCCOCCOCCOCCOCCOCCOCCOCCOCCOCCOCCOCCNC(=O)CNC(=O)CNC(=O)CNC(=O)C[SH]=C(C)O)ccc23)cc1OC. The number of likely N-dealkylation sites (tertiary alicyclic amines) is 1. The van der Waals surface area contributed by atoms with E-state index < -0.39 is 59.7 Å². The lowest BCUT2D eigenvalue weighted by Crippen LogP contribution is -2.49. The van der Waals surface area contributed by atoms with E-state index in [-0.39, 0.29) is 87.9 Å². The summed E-state index contributed by atoms with van der Waals surface area (Å²) in [6.45, 7) is 12.7. The monoisotopic (exact) mass is 1570 g/mol. The maximum Gasteiger partial charge on any atom is 0.289 e. The highest BCUT2D eigenvalue weighted by atomic mass is 32.1. The Morgan fingerprint density at radius 1 is 0.459 bits per heavy atom. The van der Waals surface area contributed by atoms with Crippen LogP contribution in [0.2, 0.25) is 0 Å². The zero-order chi connectivity index (χ0) is 78.4. The number of carbonyl (C=O) groups is 9. The number of hydrogen-bond donors (Lipinski definition) is 9. The molecular formula is C71H111N9O28S. The zero-order valence-corrected chi connectivity index (χ0v) is 63.6. The smallest absolute Gasteiger partial charge is 0.289 e. The van der Waals surface area contributed by atoms with Crippen molar-refractivity contribution in [3.8, 4) is 17.2 Å². The van der Waals surface area contributed by atoms with Gasteiger partial charge >= 0.3 is 0 Å². The number of fused-ring (bicyclic) bond motifs is 1. The Morgan fingerprint density at radius 3 is 1.30 bits per heavy atom. The molecule has 8 N–H and O–H groups in total. The number of aliphatic hydroxyl groups excluding tert-OH is 1. The molecule has 8 amide bonds. The van der Waals surface area contributed by atoms with Crippen LogP contribution in [0.3, 0.4) is 0 Å². The summed E-state index contributed by atoms with van der Waals surface area (Å²) in [7, 11) is 3.00. The summed E-state index contributed by atoms with van der Waals surface area (Å²) in [5.74, 6) is -3.61. The minimum absolute atomic E-state index is 0.0140. The molecule has 4 rings (SSSR count). The number of aromatic nitrogens is 1. The highest BCUT2D eigenvalue weighted by Gasteiger charge is 2.37. The number of hydrogen-bond acceptors (Lipinski definition) is 28. The van der Waals surface area contributed by atoms with Gasteiger partial charge in [-0.05, 0) is 55.7 Å². The number of pyridine rings is 1. The van der Waals surface area contributed by atoms with Crippen molar-refractivity contribution in [2.45, 2.75) is 32.4 Å². The fraction of sp³-hybridized carbons (Fsp3) is 0.648. The van der Waals surface area contributed by atoms with E-state index in [2.05, 4.69) is 42.2 Å². The fourth-order valence-electron chi connectivity index (χ4n) is 9.39. The average Bonchev–Trinajstić information content (AvgIpc) is 1.79. The van der Waals surface area contributed by atoms with Crippen molar-refractivity contribution < 1.29 is 134 Å². The van der Waals surface area contributed by atoms with Crippen molar-refractivity contribution in [1.29, 1.82) is 0 Å². The molecule has 0 radical (unpaired) electrons. The number of ether oxygens (including phenoxy) is 18. The third-order valence-electron chi connectivity index (χ3n) is 14.9. The number of nitrogens with one attached hydrogen (secondary N) is 7. The second-order valence-electron chi connectivity index (χ2n) is 23.1. The number of Topliss-reactive ketones (excluding diaryl/α,β-unsaturated/α-hetero) is 1. The Morgan fingerprint density at radius 2 is 0.872 bits per heavy atom. The molecular weight excluding hydrogens is 1460 g/mol. The van der Waals surface area contributed by atoms with Crippen molar-refractivity contribution in [2.24, 2.45) is 0 Å².